The van der Waals surface area contributed by atoms with Crippen LogP contribution in [0.3, 0.4) is 0 Å². The second kappa shape index (κ2) is 4.24. The third kappa shape index (κ3) is 1.90. The maximum Gasteiger partial charge on any atom is 0.0922 e. The van der Waals surface area contributed by atoms with Gasteiger partial charge in [-0.15, -0.1) is 0 Å². The van der Waals surface area contributed by atoms with Crippen molar-refractivity contribution in [2.45, 2.75) is 20.8 Å². The second-order valence-electron chi connectivity index (χ2n) is 4.01. The number of halogens is 2. The molecule has 3 nitrogen and oxygen atoms in total. The smallest absolute Gasteiger partial charge is 0.0922 e. The zero-order valence-electron chi connectivity index (χ0n) is 9.88. The molecule has 0 aliphatic heterocycles. The Morgan fingerprint density at radius 1 is 1.18 bits per heavy atom. The summed E-state index contributed by atoms with van der Waals surface area (Å²) in [6, 6.07) is 3.55. The van der Waals surface area contributed by atoms with Crippen molar-refractivity contribution in [3.8, 4) is 5.69 Å². The van der Waals surface area contributed by atoms with Gasteiger partial charge in [0.1, 0.15) is 0 Å². The second-order valence-corrected chi connectivity index (χ2v) is 4.79. The van der Waals surface area contributed by atoms with Gasteiger partial charge in [-0.3, -0.25) is 0 Å². The van der Waals surface area contributed by atoms with Crippen LogP contribution in [0.5, 0.6) is 0 Å². The molecule has 0 saturated carbocycles. The topological polar surface area (TPSA) is 43.8 Å². The van der Waals surface area contributed by atoms with Gasteiger partial charge in [-0.05, 0) is 38.5 Å². The Bertz CT molecular complexity index is 588. The lowest BCUT2D eigenvalue weighted by molar-refractivity contribution is 0.830. The molecule has 0 spiro atoms. The molecular formula is C12H13Cl2N3. The Hall–Kier alpha value is -1.19. The van der Waals surface area contributed by atoms with E-state index in [4.69, 9.17) is 28.9 Å². The molecule has 90 valence electrons. The monoisotopic (exact) mass is 269 g/mol. The van der Waals surface area contributed by atoms with Crippen molar-refractivity contribution in [1.29, 1.82) is 0 Å². The van der Waals surface area contributed by atoms with E-state index in [1.165, 1.54) is 0 Å². The molecule has 0 aliphatic carbocycles. The van der Waals surface area contributed by atoms with Crippen molar-refractivity contribution < 1.29 is 0 Å². The number of nitrogen functional groups attached to an aromatic ring is 1. The van der Waals surface area contributed by atoms with Gasteiger partial charge in [0.2, 0.25) is 0 Å². The summed E-state index contributed by atoms with van der Waals surface area (Å²) in [5, 5.41) is 5.71. The number of aromatic nitrogens is 2. The Morgan fingerprint density at radius 3 is 2.35 bits per heavy atom. The number of hydrogen-bond donors (Lipinski definition) is 1. The molecule has 2 rings (SSSR count). The summed E-state index contributed by atoms with van der Waals surface area (Å²) in [5.41, 5.74) is 9.96. The van der Waals surface area contributed by atoms with Gasteiger partial charge in [0.25, 0.3) is 0 Å². The molecule has 1 aromatic carbocycles. The Kier molecular flexibility index (Phi) is 3.06. The molecule has 0 unspecified atom stereocenters. The SMILES string of the molecule is Cc1nn(-c2c(N)ccc(Cl)c2C)c(C)c1Cl. The highest BCUT2D eigenvalue weighted by Crippen LogP contribution is 2.31. The summed E-state index contributed by atoms with van der Waals surface area (Å²) in [5.74, 6) is 0. The van der Waals surface area contributed by atoms with Crippen molar-refractivity contribution in [2.24, 2.45) is 0 Å². The van der Waals surface area contributed by atoms with Gasteiger partial charge < -0.3 is 5.73 Å². The predicted molar refractivity (Wildman–Crippen MR) is 72.2 cm³/mol. The minimum atomic E-state index is 0.633. The standard InChI is InChI=1S/C12H13Cl2N3/c1-6-9(13)4-5-10(15)12(6)17-8(3)11(14)7(2)16-17/h4-5H,15H2,1-3H3. The highest BCUT2D eigenvalue weighted by molar-refractivity contribution is 6.32. The molecule has 0 bridgehead atoms. The lowest BCUT2D eigenvalue weighted by Crippen LogP contribution is -2.06. The van der Waals surface area contributed by atoms with Crippen LogP contribution in [0, 0.1) is 20.8 Å². The fraction of sp³-hybridized carbons (Fsp3) is 0.250. The molecule has 0 radical (unpaired) electrons. The van der Waals surface area contributed by atoms with Crippen LogP contribution in [0.2, 0.25) is 10.0 Å². The van der Waals surface area contributed by atoms with E-state index in [2.05, 4.69) is 5.10 Å². The van der Waals surface area contributed by atoms with Gasteiger partial charge in [-0.2, -0.15) is 5.10 Å². The summed E-state index contributed by atoms with van der Waals surface area (Å²) in [7, 11) is 0. The Labute approximate surface area is 110 Å². The van der Waals surface area contributed by atoms with Crippen LogP contribution in [0.1, 0.15) is 17.0 Å². The first kappa shape index (κ1) is 12.3. The summed E-state index contributed by atoms with van der Waals surface area (Å²) in [6.07, 6.45) is 0. The van der Waals surface area contributed by atoms with Crippen molar-refractivity contribution >= 4 is 28.9 Å². The molecule has 2 aromatic rings. The summed E-state index contributed by atoms with van der Waals surface area (Å²) in [4.78, 5) is 0. The molecule has 1 aromatic heterocycles. The lowest BCUT2D eigenvalue weighted by atomic mass is 10.1. The number of anilines is 1. The lowest BCUT2D eigenvalue weighted by Gasteiger charge is -2.12. The number of hydrogen-bond acceptors (Lipinski definition) is 2. The molecule has 0 saturated heterocycles. The van der Waals surface area contributed by atoms with Crippen molar-refractivity contribution in [3.63, 3.8) is 0 Å². The van der Waals surface area contributed by atoms with Crippen LogP contribution in [0.25, 0.3) is 5.69 Å². The van der Waals surface area contributed by atoms with Crippen LogP contribution < -0.4 is 5.73 Å². The zero-order valence-corrected chi connectivity index (χ0v) is 11.4. The molecule has 0 aliphatic rings. The van der Waals surface area contributed by atoms with E-state index in [1.807, 2.05) is 20.8 Å². The van der Waals surface area contributed by atoms with Crippen molar-refractivity contribution in [3.05, 3.63) is 39.1 Å². The van der Waals surface area contributed by atoms with E-state index in [0.29, 0.717) is 15.7 Å². The summed E-state index contributed by atoms with van der Waals surface area (Å²) >= 11 is 12.2. The van der Waals surface area contributed by atoms with Crippen LogP contribution >= 0.6 is 23.2 Å². The van der Waals surface area contributed by atoms with E-state index in [-0.39, 0.29) is 0 Å². The molecule has 0 fully saturated rings. The van der Waals surface area contributed by atoms with E-state index < -0.39 is 0 Å². The van der Waals surface area contributed by atoms with E-state index in [1.54, 1.807) is 16.8 Å². The molecule has 17 heavy (non-hydrogen) atoms. The van der Waals surface area contributed by atoms with Crippen LogP contribution in [0.15, 0.2) is 12.1 Å². The highest BCUT2D eigenvalue weighted by atomic mass is 35.5. The first-order valence-corrected chi connectivity index (χ1v) is 5.95. The fourth-order valence-electron chi connectivity index (χ4n) is 1.82. The zero-order chi connectivity index (χ0) is 12.7. The summed E-state index contributed by atoms with van der Waals surface area (Å²) in [6.45, 7) is 5.68. The fourth-order valence-corrected chi connectivity index (χ4v) is 2.09. The minimum Gasteiger partial charge on any atom is -0.397 e. The van der Waals surface area contributed by atoms with Gasteiger partial charge in [0.15, 0.2) is 0 Å². The van der Waals surface area contributed by atoms with Crippen LogP contribution in [-0.4, -0.2) is 9.78 Å². The van der Waals surface area contributed by atoms with Gasteiger partial charge in [-0.25, -0.2) is 4.68 Å². The average molecular weight is 270 g/mol. The minimum absolute atomic E-state index is 0.633. The number of benzene rings is 1. The van der Waals surface area contributed by atoms with Gasteiger partial charge in [0, 0.05) is 5.02 Å². The third-order valence-electron chi connectivity index (χ3n) is 2.81. The Balaban J connectivity index is 2.77. The Morgan fingerprint density at radius 2 is 1.82 bits per heavy atom. The normalized spacial score (nSPS) is 10.9. The van der Waals surface area contributed by atoms with Crippen molar-refractivity contribution in [2.75, 3.05) is 5.73 Å². The number of nitrogens with zero attached hydrogens (tertiary/aromatic N) is 2. The van der Waals surface area contributed by atoms with E-state index in [0.717, 1.165) is 22.6 Å². The predicted octanol–water partition coefficient (Wildman–Crippen LogP) is 3.69. The molecule has 0 atom stereocenters. The van der Waals surface area contributed by atoms with E-state index >= 15 is 0 Å². The van der Waals surface area contributed by atoms with Crippen LogP contribution in [0.4, 0.5) is 5.69 Å². The highest BCUT2D eigenvalue weighted by Gasteiger charge is 2.15. The first-order valence-electron chi connectivity index (χ1n) is 5.20. The molecule has 0 amide bonds. The third-order valence-corrected chi connectivity index (χ3v) is 3.77. The van der Waals surface area contributed by atoms with Crippen LogP contribution in [-0.2, 0) is 0 Å². The van der Waals surface area contributed by atoms with Gasteiger partial charge >= 0.3 is 0 Å². The average Bonchev–Trinajstić information content (AvgIpc) is 2.53. The molecule has 1 heterocycles. The maximum absolute atomic E-state index is 6.14. The largest absolute Gasteiger partial charge is 0.397 e. The van der Waals surface area contributed by atoms with E-state index in [9.17, 15) is 0 Å². The number of aryl methyl sites for hydroxylation is 1. The quantitative estimate of drug-likeness (QED) is 0.803. The van der Waals surface area contributed by atoms with Crippen molar-refractivity contribution in [1.82, 2.24) is 9.78 Å². The molecular weight excluding hydrogens is 257 g/mol. The number of rotatable bonds is 1. The maximum atomic E-state index is 6.14. The first-order chi connectivity index (χ1) is 7.93. The van der Waals surface area contributed by atoms with Gasteiger partial charge in [-0.1, -0.05) is 23.2 Å². The number of nitrogens with two attached hydrogens (primary N) is 1. The summed E-state index contributed by atoms with van der Waals surface area (Å²) < 4.78 is 1.74. The molecule has 2 N–H and O–H groups in total. The van der Waals surface area contributed by atoms with Gasteiger partial charge in [0.05, 0.1) is 27.8 Å². The molecule has 5 heteroatoms.